The molecule has 4 rings (SSSR count). The molecule has 0 spiro atoms. The quantitative estimate of drug-likeness (QED) is 0.349. The monoisotopic (exact) mass is 318 g/mol. The van der Waals surface area contributed by atoms with Gasteiger partial charge in [-0.25, -0.2) is 0 Å². The average Bonchev–Trinajstić information content (AvgIpc) is 3.31. The summed E-state index contributed by atoms with van der Waals surface area (Å²) in [5.74, 6) is 5.88. The van der Waals surface area contributed by atoms with Crippen molar-refractivity contribution in [1.82, 2.24) is 0 Å². The first kappa shape index (κ1) is 16.0. The highest BCUT2D eigenvalue weighted by atomic mass is 16.5. The second-order valence-corrected chi connectivity index (χ2v) is 8.93. The van der Waals surface area contributed by atoms with E-state index >= 15 is 0 Å². The van der Waals surface area contributed by atoms with Crippen LogP contribution in [0, 0.1) is 41.4 Å². The first-order valence-corrected chi connectivity index (χ1v) is 10.5. The minimum atomic E-state index is 0.160. The maximum atomic E-state index is 12.5. The number of hydrogen-bond acceptors (Lipinski definition) is 2. The van der Waals surface area contributed by atoms with E-state index in [4.69, 9.17) is 4.74 Å². The predicted molar refractivity (Wildman–Crippen MR) is 91.9 cm³/mol. The van der Waals surface area contributed by atoms with E-state index in [1.54, 1.807) is 0 Å². The third-order valence-corrected chi connectivity index (χ3v) is 7.78. The number of rotatable bonds is 8. The maximum Gasteiger partial charge on any atom is 0.309 e. The van der Waals surface area contributed by atoms with E-state index in [9.17, 15) is 4.79 Å². The molecule has 130 valence electrons. The highest BCUT2D eigenvalue weighted by Crippen LogP contribution is 2.68. The number of unbranched alkanes of at least 4 members (excludes halogenated alkanes) is 5. The minimum absolute atomic E-state index is 0.160. The highest BCUT2D eigenvalue weighted by molar-refractivity contribution is 5.73. The summed E-state index contributed by atoms with van der Waals surface area (Å²) in [6.45, 7) is 2.91. The van der Waals surface area contributed by atoms with Gasteiger partial charge >= 0.3 is 5.97 Å². The van der Waals surface area contributed by atoms with Crippen molar-refractivity contribution in [3.63, 3.8) is 0 Å². The normalized spacial score (nSPS) is 43.1. The van der Waals surface area contributed by atoms with Crippen molar-refractivity contribution in [1.29, 1.82) is 0 Å². The Bertz CT molecular complexity index is 432. The molecule has 0 aromatic heterocycles. The summed E-state index contributed by atoms with van der Waals surface area (Å²) >= 11 is 0. The lowest BCUT2D eigenvalue weighted by atomic mass is 9.67. The Labute approximate surface area is 141 Å². The number of esters is 1. The lowest BCUT2D eigenvalue weighted by Crippen LogP contribution is -2.36. The van der Waals surface area contributed by atoms with Gasteiger partial charge in [-0.15, -0.1) is 0 Å². The van der Waals surface area contributed by atoms with Gasteiger partial charge in [0.15, 0.2) is 0 Å². The van der Waals surface area contributed by atoms with Crippen LogP contribution in [0.2, 0.25) is 0 Å². The molecule has 0 aromatic rings. The molecule has 23 heavy (non-hydrogen) atoms. The molecule has 0 radical (unpaired) electrons. The van der Waals surface area contributed by atoms with Crippen LogP contribution in [-0.2, 0) is 9.53 Å². The second kappa shape index (κ2) is 6.76. The molecule has 0 amide bonds. The summed E-state index contributed by atoms with van der Waals surface area (Å²) in [7, 11) is 0. The molecule has 0 saturated heterocycles. The van der Waals surface area contributed by atoms with Crippen molar-refractivity contribution in [2.24, 2.45) is 41.4 Å². The largest absolute Gasteiger partial charge is 0.465 e. The second-order valence-electron chi connectivity index (χ2n) is 8.93. The van der Waals surface area contributed by atoms with Crippen LogP contribution >= 0.6 is 0 Å². The fourth-order valence-electron chi connectivity index (χ4n) is 7.00. The van der Waals surface area contributed by atoms with Gasteiger partial charge < -0.3 is 4.74 Å². The standard InChI is InChI=1S/C21H34O2/c1-2-3-4-5-6-7-10-23-21(22)18-13-16-12-17(18)20-15-9-8-14(11-15)19(16)20/h14-20H,2-13H2,1H3. The Hall–Kier alpha value is -0.530. The summed E-state index contributed by atoms with van der Waals surface area (Å²) in [6, 6.07) is 0. The van der Waals surface area contributed by atoms with Gasteiger partial charge in [-0.2, -0.15) is 0 Å². The highest BCUT2D eigenvalue weighted by Gasteiger charge is 2.63. The summed E-state index contributed by atoms with van der Waals surface area (Å²) < 4.78 is 5.67. The topological polar surface area (TPSA) is 26.3 Å². The smallest absolute Gasteiger partial charge is 0.309 e. The van der Waals surface area contributed by atoms with Crippen LogP contribution < -0.4 is 0 Å². The summed E-state index contributed by atoms with van der Waals surface area (Å²) in [5, 5.41) is 0. The van der Waals surface area contributed by atoms with Crippen LogP contribution in [0.3, 0.4) is 0 Å². The van der Waals surface area contributed by atoms with E-state index < -0.39 is 0 Å². The van der Waals surface area contributed by atoms with E-state index in [0.29, 0.717) is 12.5 Å². The lowest BCUT2D eigenvalue weighted by Gasteiger charge is -2.37. The lowest BCUT2D eigenvalue weighted by molar-refractivity contribution is -0.152. The number of fused-ring (bicyclic) bond motifs is 9. The first-order chi connectivity index (χ1) is 11.3. The third kappa shape index (κ3) is 2.85. The van der Waals surface area contributed by atoms with E-state index in [1.807, 2.05) is 0 Å². The van der Waals surface area contributed by atoms with Crippen LogP contribution in [0.25, 0.3) is 0 Å². The molecule has 4 fully saturated rings. The van der Waals surface area contributed by atoms with Gasteiger partial charge in [-0.3, -0.25) is 4.79 Å². The van der Waals surface area contributed by atoms with Gasteiger partial charge in [0, 0.05) is 0 Å². The van der Waals surface area contributed by atoms with Gasteiger partial charge in [0.2, 0.25) is 0 Å². The number of carbonyl (C=O) groups excluding carboxylic acids is 1. The molecule has 4 saturated carbocycles. The molecule has 0 aliphatic heterocycles. The molecule has 4 aliphatic carbocycles. The van der Waals surface area contributed by atoms with Gasteiger partial charge in [0.25, 0.3) is 0 Å². The molecule has 0 heterocycles. The molecule has 7 unspecified atom stereocenters. The zero-order valence-corrected chi connectivity index (χ0v) is 14.8. The molecule has 0 N–H and O–H groups in total. The summed E-state index contributed by atoms with van der Waals surface area (Å²) in [4.78, 5) is 12.5. The van der Waals surface area contributed by atoms with Crippen LogP contribution in [0.5, 0.6) is 0 Å². The molecular weight excluding hydrogens is 284 g/mol. The van der Waals surface area contributed by atoms with Gasteiger partial charge in [-0.1, -0.05) is 39.0 Å². The van der Waals surface area contributed by atoms with Crippen LogP contribution in [0.1, 0.15) is 77.6 Å². The average molecular weight is 319 g/mol. The Kier molecular flexibility index (Phi) is 4.70. The first-order valence-electron chi connectivity index (χ1n) is 10.5. The third-order valence-electron chi connectivity index (χ3n) is 7.78. The van der Waals surface area contributed by atoms with E-state index in [-0.39, 0.29) is 11.9 Å². The van der Waals surface area contributed by atoms with Crippen molar-refractivity contribution in [3.8, 4) is 0 Å². The Morgan fingerprint density at radius 1 is 0.870 bits per heavy atom. The number of carbonyl (C=O) groups is 1. The molecule has 2 heteroatoms. The van der Waals surface area contributed by atoms with Crippen LogP contribution in [-0.4, -0.2) is 12.6 Å². The minimum Gasteiger partial charge on any atom is -0.465 e. The van der Waals surface area contributed by atoms with Gasteiger partial charge in [-0.05, 0) is 74.0 Å². The van der Waals surface area contributed by atoms with Gasteiger partial charge in [0.1, 0.15) is 0 Å². The van der Waals surface area contributed by atoms with Crippen molar-refractivity contribution < 1.29 is 9.53 Å². The Balaban J connectivity index is 1.21. The van der Waals surface area contributed by atoms with Crippen molar-refractivity contribution >= 4 is 5.97 Å². The molecule has 4 aliphatic rings. The number of hydrogen-bond donors (Lipinski definition) is 0. The predicted octanol–water partition coefficient (Wildman–Crippen LogP) is 5.21. The molecule has 0 aromatic carbocycles. The number of ether oxygens (including phenoxy) is 1. The molecule has 7 atom stereocenters. The van der Waals surface area contributed by atoms with Crippen molar-refractivity contribution in [2.75, 3.05) is 6.61 Å². The summed E-state index contributed by atoms with van der Waals surface area (Å²) in [6.07, 6.45) is 14.5. The Morgan fingerprint density at radius 2 is 1.61 bits per heavy atom. The molecule has 2 nitrogen and oxygen atoms in total. The van der Waals surface area contributed by atoms with Crippen molar-refractivity contribution in [2.45, 2.75) is 77.6 Å². The summed E-state index contributed by atoms with van der Waals surface area (Å²) in [5.41, 5.74) is 0. The molecular formula is C21H34O2. The van der Waals surface area contributed by atoms with E-state index in [0.717, 1.165) is 42.4 Å². The maximum absolute atomic E-state index is 12.5. The zero-order chi connectivity index (χ0) is 15.8. The van der Waals surface area contributed by atoms with Crippen molar-refractivity contribution in [3.05, 3.63) is 0 Å². The SMILES string of the molecule is CCCCCCCCOC(=O)C1CC2CC1C1C3CCC(C3)C21. The van der Waals surface area contributed by atoms with E-state index in [1.165, 1.54) is 57.8 Å². The van der Waals surface area contributed by atoms with Crippen LogP contribution in [0.15, 0.2) is 0 Å². The van der Waals surface area contributed by atoms with E-state index in [2.05, 4.69) is 6.92 Å². The van der Waals surface area contributed by atoms with Gasteiger partial charge in [0.05, 0.1) is 12.5 Å². The fourth-order valence-corrected chi connectivity index (χ4v) is 7.00. The zero-order valence-electron chi connectivity index (χ0n) is 14.8. The van der Waals surface area contributed by atoms with Crippen LogP contribution in [0.4, 0.5) is 0 Å². The Morgan fingerprint density at radius 3 is 2.43 bits per heavy atom. The molecule has 4 bridgehead atoms. The fraction of sp³-hybridized carbons (Fsp3) is 0.952.